The molecule has 1 aromatic heterocycles. The normalized spacial score (nSPS) is 13.0. The zero-order chi connectivity index (χ0) is 17.0. The van der Waals surface area contributed by atoms with E-state index < -0.39 is 9.84 Å². The Morgan fingerprint density at radius 1 is 1.22 bits per heavy atom. The largest absolute Gasteiger partial charge is 0.350 e. The maximum Gasteiger partial charge on any atom is 0.252 e. The van der Waals surface area contributed by atoms with Crippen LogP contribution in [0.5, 0.6) is 0 Å². The van der Waals surface area contributed by atoms with Crippen molar-refractivity contribution >= 4 is 27.1 Å². The van der Waals surface area contributed by atoms with E-state index >= 15 is 0 Å². The molecule has 23 heavy (non-hydrogen) atoms. The maximum atomic E-state index is 12.4. The van der Waals surface area contributed by atoms with Crippen molar-refractivity contribution in [2.24, 2.45) is 0 Å². The molecule has 0 aliphatic carbocycles. The van der Waals surface area contributed by atoms with Crippen molar-refractivity contribution in [3.05, 3.63) is 52.2 Å². The predicted octanol–water partition coefficient (Wildman–Crippen LogP) is 2.18. The number of likely N-dealkylation sites (N-methyl/N-ethyl adjacent to an activating group) is 1. The zero-order valence-corrected chi connectivity index (χ0v) is 14.9. The molecule has 1 atom stereocenters. The highest BCUT2D eigenvalue weighted by Crippen LogP contribution is 2.22. The molecule has 0 fully saturated rings. The Labute approximate surface area is 140 Å². The van der Waals surface area contributed by atoms with Crippen molar-refractivity contribution in [3.8, 4) is 0 Å². The van der Waals surface area contributed by atoms with Crippen LogP contribution in [-0.4, -0.2) is 46.1 Å². The van der Waals surface area contributed by atoms with E-state index in [1.165, 1.54) is 12.1 Å². The first-order valence-electron chi connectivity index (χ1n) is 7.08. The molecule has 7 heteroatoms. The molecule has 124 valence electrons. The minimum Gasteiger partial charge on any atom is -0.350 e. The number of benzene rings is 1. The molecular formula is C16H20N2O3S2. The standard InChI is InChI=1S/C16H20N2O3S2/c1-18(2)13(14-8-6-10-22-14)11-17-16(19)12-7-4-5-9-15(12)23(3,20)21/h4-10,13H,11H2,1-3H3,(H,17,19). The summed E-state index contributed by atoms with van der Waals surface area (Å²) in [5, 5.41) is 4.84. The van der Waals surface area contributed by atoms with Gasteiger partial charge in [0.1, 0.15) is 0 Å². The van der Waals surface area contributed by atoms with Crippen LogP contribution in [0, 0.1) is 0 Å². The molecular weight excluding hydrogens is 332 g/mol. The second-order valence-electron chi connectivity index (χ2n) is 5.47. The Kier molecular flexibility index (Phi) is 5.56. The fourth-order valence-electron chi connectivity index (χ4n) is 2.28. The van der Waals surface area contributed by atoms with E-state index in [0.717, 1.165) is 11.1 Å². The van der Waals surface area contributed by atoms with Gasteiger partial charge in [-0.15, -0.1) is 11.3 Å². The number of thiophene rings is 1. The van der Waals surface area contributed by atoms with Crippen LogP contribution in [0.25, 0.3) is 0 Å². The fourth-order valence-corrected chi connectivity index (χ4v) is 4.09. The number of sulfone groups is 1. The molecule has 0 aliphatic rings. The topological polar surface area (TPSA) is 66.5 Å². The van der Waals surface area contributed by atoms with Gasteiger partial charge in [-0.2, -0.15) is 0 Å². The molecule has 2 rings (SSSR count). The summed E-state index contributed by atoms with van der Waals surface area (Å²) in [5.74, 6) is -0.380. The third-order valence-corrected chi connectivity index (χ3v) is 5.61. The fraction of sp³-hybridized carbons (Fsp3) is 0.312. The Hall–Kier alpha value is -1.70. The Balaban J connectivity index is 2.17. The first-order valence-corrected chi connectivity index (χ1v) is 9.85. The number of carbonyl (C=O) groups is 1. The monoisotopic (exact) mass is 352 g/mol. The van der Waals surface area contributed by atoms with E-state index in [4.69, 9.17) is 0 Å². The summed E-state index contributed by atoms with van der Waals surface area (Å²) in [6.07, 6.45) is 1.10. The Morgan fingerprint density at radius 2 is 1.91 bits per heavy atom. The maximum absolute atomic E-state index is 12.4. The van der Waals surface area contributed by atoms with E-state index in [1.54, 1.807) is 23.5 Å². The van der Waals surface area contributed by atoms with Crippen molar-refractivity contribution in [3.63, 3.8) is 0 Å². The van der Waals surface area contributed by atoms with Crippen LogP contribution in [0.2, 0.25) is 0 Å². The number of hydrogen-bond acceptors (Lipinski definition) is 5. The van der Waals surface area contributed by atoms with Gasteiger partial charge in [0.25, 0.3) is 5.91 Å². The summed E-state index contributed by atoms with van der Waals surface area (Å²) in [7, 11) is 0.445. The zero-order valence-electron chi connectivity index (χ0n) is 13.3. The molecule has 1 heterocycles. The molecule has 0 saturated heterocycles. The van der Waals surface area contributed by atoms with Gasteiger partial charge in [0.15, 0.2) is 9.84 Å². The lowest BCUT2D eigenvalue weighted by molar-refractivity contribution is 0.0939. The van der Waals surface area contributed by atoms with Gasteiger partial charge in [-0.25, -0.2) is 8.42 Å². The molecule has 1 amide bonds. The molecule has 1 aromatic carbocycles. The molecule has 0 spiro atoms. The quantitative estimate of drug-likeness (QED) is 0.865. The van der Waals surface area contributed by atoms with E-state index in [1.807, 2.05) is 36.5 Å². The highest BCUT2D eigenvalue weighted by atomic mass is 32.2. The van der Waals surface area contributed by atoms with Crippen LogP contribution >= 0.6 is 11.3 Å². The average molecular weight is 352 g/mol. The van der Waals surface area contributed by atoms with Gasteiger partial charge in [-0.3, -0.25) is 4.79 Å². The molecule has 1 N–H and O–H groups in total. The number of carbonyl (C=O) groups excluding carboxylic acids is 1. The van der Waals surface area contributed by atoms with Crippen molar-refractivity contribution < 1.29 is 13.2 Å². The van der Waals surface area contributed by atoms with Crippen LogP contribution in [-0.2, 0) is 9.84 Å². The smallest absolute Gasteiger partial charge is 0.252 e. The number of amides is 1. The van der Waals surface area contributed by atoms with Crippen LogP contribution in [0.15, 0.2) is 46.7 Å². The number of hydrogen-bond donors (Lipinski definition) is 1. The first-order chi connectivity index (χ1) is 10.8. The molecule has 5 nitrogen and oxygen atoms in total. The molecule has 1 unspecified atom stereocenters. The predicted molar refractivity (Wildman–Crippen MR) is 92.6 cm³/mol. The van der Waals surface area contributed by atoms with Gasteiger partial charge in [0, 0.05) is 17.7 Å². The first kappa shape index (κ1) is 17.7. The molecule has 0 aliphatic heterocycles. The molecule has 0 radical (unpaired) electrons. The second kappa shape index (κ2) is 7.25. The van der Waals surface area contributed by atoms with E-state index in [2.05, 4.69) is 5.32 Å². The van der Waals surface area contributed by atoms with Crippen LogP contribution in [0.1, 0.15) is 21.3 Å². The van der Waals surface area contributed by atoms with Gasteiger partial charge >= 0.3 is 0 Å². The van der Waals surface area contributed by atoms with Gasteiger partial charge in [-0.05, 0) is 37.7 Å². The van der Waals surface area contributed by atoms with Crippen molar-refractivity contribution in [2.75, 3.05) is 26.9 Å². The minimum absolute atomic E-state index is 0.0457. The summed E-state index contributed by atoms with van der Waals surface area (Å²) < 4.78 is 23.6. The summed E-state index contributed by atoms with van der Waals surface area (Å²) in [5.41, 5.74) is 0.179. The third-order valence-electron chi connectivity index (χ3n) is 3.48. The third kappa shape index (κ3) is 4.40. The lowest BCUT2D eigenvalue weighted by Gasteiger charge is -2.23. The number of nitrogens with one attached hydrogen (secondary N) is 1. The molecule has 2 aromatic rings. The van der Waals surface area contributed by atoms with Crippen LogP contribution in [0.4, 0.5) is 0 Å². The van der Waals surface area contributed by atoms with Gasteiger partial charge in [0.2, 0.25) is 0 Å². The summed E-state index contributed by atoms with van der Waals surface area (Å²) in [6.45, 7) is 0.407. The van der Waals surface area contributed by atoms with E-state index in [-0.39, 0.29) is 22.4 Å². The van der Waals surface area contributed by atoms with Gasteiger partial charge in [-0.1, -0.05) is 18.2 Å². The number of nitrogens with zero attached hydrogens (tertiary/aromatic N) is 1. The lowest BCUT2D eigenvalue weighted by atomic mass is 10.2. The lowest BCUT2D eigenvalue weighted by Crippen LogP contribution is -2.34. The van der Waals surface area contributed by atoms with Gasteiger partial charge in [0.05, 0.1) is 16.5 Å². The van der Waals surface area contributed by atoms with Crippen molar-refractivity contribution in [2.45, 2.75) is 10.9 Å². The SMILES string of the molecule is CN(C)C(CNC(=O)c1ccccc1S(C)(=O)=O)c1cccs1. The van der Waals surface area contributed by atoms with Crippen molar-refractivity contribution in [1.82, 2.24) is 10.2 Å². The summed E-state index contributed by atoms with van der Waals surface area (Å²) in [6, 6.07) is 10.3. The van der Waals surface area contributed by atoms with Crippen LogP contribution < -0.4 is 5.32 Å². The minimum atomic E-state index is -3.45. The summed E-state index contributed by atoms with van der Waals surface area (Å²) in [4.78, 5) is 15.6. The highest BCUT2D eigenvalue weighted by Gasteiger charge is 2.20. The van der Waals surface area contributed by atoms with Crippen LogP contribution in [0.3, 0.4) is 0 Å². The molecule has 0 saturated carbocycles. The van der Waals surface area contributed by atoms with E-state index in [9.17, 15) is 13.2 Å². The van der Waals surface area contributed by atoms with E-state index in [0.29, 0.717) is 6.54 Å². The van der Waals surface area contributed by atoms with Gasteiger partial charge < -0.3 is 10.2 Å². The summed E-state index contributed by atoms with van der Waals surface area (Å²) >= 11 is 1.63. The molecule has 0 bridgehead atoms. The highest BCUT2D eigenvalue weighted by molar-refractivity contribution is 7.90. The second-order valence-corrected chi connectivity index (χ2v) is 8.44. The number of rotatable bonds is 6. The Morgan fingerprint density at radius 3 is 2.48 bits per heavy atom. The average Bonchev–Trinajstić information content (AvgIpc) is 3.00. The van der Waals surface area contributed by atoms with Crippen molar-refractivity contribution in [1.29, 1.82) is 0 Å². The Bertz CT molecular complexity index is 768.